The maximum Gasteiger partial charge on any atom is 0.341 e. The van der Waals surface area contributed by atoms with Gasteiger partial charge in [0.25, 0.3) is 5.91 Å². The molecule has 2 rings (SSSR count). The SMILES string of the molecule is COc1ccc(C(=O)OCC(=O)Nc2ccc(CC#N)cc2)c(F)c1. The van der Waals surface area contributed by atoms with Crippen molar-refractivity contribution in [3.63, 3.8) is 0 Å². The maximum absolute atomic E-state index is 13.8. The number of ether oxygens (including phenoxy) is 2. The zero-order chi connectivity index (χ0) is 18.2. The molecule has 0 aliphatic heterocycles. The fourth-order valence-electron chi connectivity index (χ4n) is 1.99. The number of esters is 1. The molecule has 0 radical (unpaired) electrons. The normalized spacial score (nSPS) is 9.80. The van der Waals surface area contributed by atoms with E-state index in [1.807, 2.05) is 6.07 Å². The second kappa shape index (κ2) is 8.45. The van der Waals surface area contributed by atoms with Crippen LogP contribution in [0.4, 0.5) is 10.1 Å². The number of nitrogens with zero attached hydrogens (tertiary/aromatic N) is 1. The molecule has 0 saturated heterocycles. The molecule has 0 aliphatic rings. The van der Waals surface area contributed by atoms with Crippen LogP contribution in [0.25, 0.3) is 0 Å². The molecule has 2 aromatic rings. The van der Waals surface area contributed by atoms with Crippen molar-refractivity contribution < 1.29 is 23.5 Å². The molecule has 2 aromatic carbocycles. The number of carbonyl (C=O) groups is 2. The number of nitriles is 1. The second-order valence-corrected chi connectivity index (χ2v) is 5.00. The van der Waals surface area contributed by atoms with Crippen LogP contribution in [0.15, 0.2) is 42.5 Å². The molecule has 1 amide bonds. The number of anilines is 1. The first-order valence-corrected chi connectivity index (χ1v) is 7.30. The third kappa shape index (κ3) is 5.04. The highest BCUT2D eigenvalue weighted by molar-refractivity contribution is 5.95. The molecule has 6 nitrogen and oxygen atoms in total. The number of rotatable bonds is 6. The van der Waals surface area contributed by atoms with E-state index in [1.165, 1.54) is 19.2 Å². The van der Waals surface area contributed by atoms with E-state index < -0.39 is 24.3 Å². The van der Waals surface area contributed by atoms with Gasteiger partial charge in [-0.05, 0) is 29.8 Å². The Kier molecular flexibility index (Phi) is 6.07. The van der Waals surface area contributed by atoms with Gasteiger partial charge in [-0.1, -0.05) is 12.1 Å². The predicted octanol–water partition coefficient (Wildman–Crippen LogP) is 2.70. The van der Waals surface area contributed by atoms with Crippen LogP contribution in [-0.4, -0.2) is 25.6 Å². The van der Waals surface area contributed by atoms with Gasteiger partial charge < -0.3 is 14.8 Å². The number of nitrogens with one attached hydrogen (secondary N) is 1. The number of hydrogen-bond acceptors (Lipinski definition) is 5. The van der Waals surface area contributed by atoms with Crippen molar-refractivity contribution in [1.82, 2.24) is 0 Å². The lowest BCUT2D eigenvalue weighted by Gasteiger charge is -2.08. The van der Waals surface area contributed by atoms with Gasteiger partial charge in [-0.15, -0.1) is 0 Å². The van der Waals surface area contributed by atoms with Crippen LogP contribution in [0.3, 0.4) is 0 Å². The highest BCUT2D eigenvalue weighted by Gasteiger charge is 2.15. The van der Waals surface area contributed by atoms with E-state index in [4.69, 9.17) is 14.7 Å². The van der Waals surface area contributed by atoms with Crippen molar-refractivity contribution in [2.24, 2.45) is 0 Å². The third-order valence-electron chi connectivity index (χ3n) is 3.25. The minimum absolute atomic E-state index is 0.270. The smallest absolute Gasteiger partial charge is 0.341 e. The average Bonchev–Trinajstić information content (AvgIpc) is 2.61. The summed E-state index contributed by atoms with van der Waals surface area (Å²) in [5, 5.41) is 11.1. The number of carbonyl (C=O) groups excluding carboxylic acids is 2. The minimum atomic E-state index is -0.945. The van der Waals surface area contributed by atoms with Crippen molar-refractivity contribution in [2.75, 3.05) is 19.0 Å². The Hall–Kier alpha value is -3.40. The van der Waals surface area contributed by atoms with Gasteiger partial charge >= 0.3 is 5.97 Å². The lowest BCUT2D eigenvalue weighted by atomic mass is 10.1. The summed E-state index contributed by atoms with van der Waals surface area (Å²) in [5.74, 6) is -2.03. The summed E-state index contributed by atoms with van der Waals surface area (Å²) in [6, 6.07) is 12.4. The second-order valence-electron chi connectivity index (χ2n) is 5.00. The topological polar surface area (TPSA) is 88.4 Å². The van der Waals surface area contributed by atoms with Gasteiger partial charge in [-0.25, -0.2) is 9.18 Å². The van der Waals surface area contributed by atoms with Crippen molar-refractivity contribution >= 4 is 17.6 Å². The first-order valence-electron chi connectivity index (χ1n) is 7.30. The first kappa shape index (κ1) is 17.9. The Bertz CT molecular complexity index is 813. The molecule has 0 bridgehead atoms. The minimum Gasteiger partial charge on any atom is -0.497 e. The van der Waals surface area contributed by atoms with Gasteiger partial charge in [0.1, 0.15) is 11.6 Å². The Balaban J connectivity index is 1.89. The van der Waals surface area contributed by atoms with Crippen LogP contribution >= 0.6 is 0 Å². The monoisotopic (exact) mass is 342 g/mol. The summed E-state index contributed by atoms with van der Waals surface area (Å²) in [6.45, 7) is -0.551. The van der Waals surface area contributed by atoms with Crippen LogP contribution < -0.4 is 10.1 Å². The molecule has 0 saturated carbocycles. The summed E-state index contributed by atoms with van der Waals surface area (Å²) in [7, 11) is 1.38. The highest BCUT2D eigenvalue weighted by Crippen LogP contribution is 2.17. The van der Waals surface area contributed by atoms with Crippen LogP contribution in [-0.2, 0) is 16.0 Å². The van der Waals surface area contributed by atoms with Gasteiger partial charge in [0.05, 0.1) is 25.2 Å². The number of amides is 1. The van der Waals surface area contributed by atoms with Crippen molar-refractivity contribution in [3.8, 4) is 11.8 Å². The quantitative estimate of drug-likeness (QED) is 0.816. The molecule has 0 spiro atoms. The Morgan fingerprint density at radius 1 is 1.20 bits per heavy atom. The number of hydrogen-bond donors (Lipinski definition) is 1. The lowest BCUT2D eigenvalue weighted by molar-refractivity contribution is -0.119. The average molecular weight is 342 g/mol. The lowest BCUT2D eigenvalue weighted by Crippen LogP contribution is -2.21. The maximum atomic E-state index is 13.8. The number of benzene rings is 2. The predicted molar refractivity (Wildman–Crippen MR) is 87.6 cm³/mol. The first-order chi connectivity index (χ1) is 12.0. The van der Waals surface area contributed by atoms with Crippen LogP contribution in [0.1, 0.15) is 15.9 Å². The summed E-state index contributed by atoms with van der Waals surface area (Å²) in [5.41, 5.74) is 1.04. The number of halogens is 1. The van der Waals surface area contributed by atoms with E-state index in [-0.39, 0.29) is 17.7 Å². The van der Waals surface area contributed by atoms with Gasteiger partial charge in [-0.2, -0.15) is 5.26 Å². The summed E-state index contributed by atoms with van der Waals surface area (Å²) < 4.78 is 23.4. The third-order valence-corrected chi connectivity index (χ3v) is 3.25. The Morgan fingerprint density at radius 3 is 2.52 bits per heavy atom. The summed E-state index contributed by atoms with van der Waals surface area (Å²) in [6.07, 6.45) is 0.277. The van der Waals surface area contributed by atoms with Gasteiger partial charge in [0, 0.05) is 11.8 Å². The van der Waals surface area contributed by atoms with Crippen LogP contribution in [0.5, 0.6) is 5.75 Å². The molecule has 0 aromatic heterocycles. The van der Waals surface area contributed by atoms with E-state index >= 15 is 0 Å². The van der Waals surface area contributed by atoms with Gasteiger partial charge in [0.15, 0.2) is 6.61 Å². The number of methoxy groups -OCH3 is 1. The largest absolute Gasteiger partial charge is 0.497 e. The van der Waals surface area contributed by atoms with Gasteiger partial charge in [0.2, 0.25) is 0 Å². The molecule has 128 valence electrons. The molecule has 7 heteroatoms. The van der Waals surface area contributed by atoms with E-state index in [1.54, 1.807) is 24.3 Å². The Morgan fingerprint density at radius 2 is 1.92 bits per heavy atom. The highest BCUT2D eigenvalue weighted by atomic mass is 19.1. The summed E-state index contributed by atoms with van der Waals surface area (Å²) >= 11 is 0. The molecule has 25 heavy (non-hydrogen) atoms. The fraction of sp³-hybridized carbons (Fsp3) is 0.167. The molecule has 0 unspecified atom stereocenters. The van der Waals surface area contributed by atoms with Crippen molar-refractivity contribution in [3.05, 3.63) is 59.4 Å². The molecular weight excluding hydrogens is 327 g/mol. The van der Waals surface area contributed by atoms with E-state index in [2.05, 4.69) is 5.32 Å². The van der Waals surface area contributed by atoms with E-state index in [0.717, 1.165) is 11.6 Å². The summed E-state index contributed by atoms with van der Waals surface area (Å²) in [4.78, 5) is 23.6. The molecule has 0 aliphatic carbocycles. The molecular formula is C18H15FN2O4. The fourth-order valence-corrected chi connectivity index (χ4v) is 1.99. The molecule has 1 N–H and O–H groups in total. The Labute approximate surface area is 143 Å². The zero-order valence-electron chi connectivity index (χ0n) is 13.4. The zero-order valence-corrected chi connectivity index (χ0v) is 13.4. The van der Waals surface area contributed by atoms with E-state index in [0.29, 0.717) is 5.69 Å². The standard InChI is InChI=1S/C18H15FN2O4/c1-24-14-6-7-15(16(19)10-14)18(23)25-11-17(22)21-13-4-2-12(3-5-13)8-9-20/h2-7,10H,8,11H2,1H3,(H,21,22). The van der Waals surface area contributed by atoms with E-state index in [9.17, 15) is 14.0 Å². The van der Waals surface area contributed by atoms with Crippen molar-refractivity contribution in [1.29, 1.82) is 5.26 Å². The molecule has 0 heterocycles. The van der Waals surface area contributed by atoms with Crippen LogP contribution in [0, 0.1) is 17.1 Å². The molecule has 0 fully saturated rings. The van der Waals surface area contributed by atoms with Gasteiger partial charge in [-0.3, -0.25) is 4.79 Å². The van der Waals surface area contributed by atoms with Crippen molar-refractivity contribution in [2.45, 2.75) is 6.42 Å². The van der Waals surface area contributed by atoms with Crippen LogP contribution in [0.2, 0.25) is 0 Å². The molecule has 0 atom stereocenters.